The van der Waals surface area contributed by atoms with E-state index in [2.05, 4.69) is 10.6 Å². The van der Waals surface area contributed by atoms with Crippen LogP contribution < -0.4 is 16.4 Å². The van der Waals surface area contributed by atoms with Gasteiger partial charge in [-0.3, -0.25) is 4.79 Å². The molecule has 0 fully saturated rings. The van der Waals surface area contributed by atoms with Crippen molar-refractivity contribution < 1.29 is 4.79 Å². The first-order valence-electron chi connectivity index (χ1n) is 7.10. The van der Waals surface area contributed by atoms with Gasteiger partial charge in [-0.25, -0.2) is 0 Å². The summed E-state index contributed by atoms with van der Waals surface area (Å²) in [5.41, 5.74) is 9.73. The highest BCUT2D eigenvalue weighted by Gasteiger charge is 2.10. The Hall–Kier alpha value is -3.26. The number of rotatable bonds is 4. The minimum absolute atomic E-state index is 0.0122. The summed E-state index contributed by atoms with van der Waals surface area (Å²) in [4.78, 5) is 12.2. The molecule has 0 aliphatic heterocycles. The summed E-state index contributed by atoms with van der Waals surface area (Å²) in [6.07, 6.45) is 1.38. The van der Waals surface area contributed by atoms with Crippen LogP contribution >= 0.6 is 0 Å². The van der Waals surface area contributed by atoms with Gasteiger partial charge in [0.2, 0.25) is 0 Å². The Bertz CT molecular complexity index is 786. The van der Waals surface area contributed by atoms with Crippen molar-refractivity contribution in [2.45, 2.75) is 13.8 Å². The Balaban J connectivity index is 2.10. The highest BCUT2D eigenvalue weighted by atomic mass is 16.1. The third kappa shape index (κ3) is 4.35. The molecule has 0 aliphatic rings. The van der Waals surface area contributed by atoms with Crippen LogP contribution in [-0.2, 0) is 4.79 Å². The molecule has 0 heterocycles. The number of nitrogen functional groups attached to an aromatic ring is 1. The lowest BCUT2D eigenvalue weighted by Gasteiger charge is -2.09. The fraction of sp³-hybridized carbons (Fsp3) is 0.111. The van der Waals surface area contributed by atoms with Gasteiger partial charge in [0.15, 0.2) is 0 Å². The summed E-state index contributed by atoms with van der Waals surface area (Å²) in [5, 5.41) is 14.8. The van der Waals surface area contributed by atoms with E-state index in [1.807, 2.05) is 38.1 Å². The molecule has 0 saturated carbocycles. The van der Waals surface area contributed by atoms with Crippen molar-refractivity contribution in [3.8, 4) is 6.07 Å². The number of nitrogens with one attached hydrogen (secondary N) is 2. The van der Waals surface area contributed by atoms with Crippen LogP contribution in [0.25, 0.3) is 0 Å². The van der Waals surface area contributed by atoms with E-state index in [0.717, 1.165) is 16.8 Å². The van der Waals surface area contributed by atoms with Crippen molar-refractivity contribution in [1.82, 2.24) is 0 Å². The SMILES string of the molecule is Cc1ccc(NC(=O)/C(C#N)=C\Nc2ccc(N)cc2)c(C)c1. The molecule has 0 unspecified atom stereocenters. The van der Waals surface area contributed by atoms with E-state index in [1.165, 1.54) is 6.20 Å². The summed E-state index contributed by atoms with van der Waals surface area (Å²) in [7, 11) is 0. The van der Waals surface area contributed by atoms with Crippen molar-refractivity contribution in [1.29, 1.82) is 5.26 Å². The van der Waals surface area contributed by atoms with Crippen LogP contribution in [0.5, 0.6) is 0 Å². The predicted molar refractivity (Wildman–Crippen MR) is 92.7 cm³/mol. The number of carbonyl (C=O) groups excluding carboxylic acids is 1. The zero-order valence-electron chi connectivity index (χ0n) is 13.1. The molecule has 0 radical (unpaired) electrons. The van der Waals surface area contributed by atoms with E-state index >= 15 is 0 Å². The van der Waals surface area contributed by atoms with Crippen LogP contribution in [0, 0.1) is 25.2 Å². The Labute approximate surface area is 135 Å². The number of amides is 1. The number of hydrogen-bond donors (Lipinski definition) is 3. The topological polar surface area (TPSA) is 90.9 Å². The lowest BCUT2D eigenvalue weighted by Crippen LogP contribution is -2.15. The molecule has 2 rings (SSSR count). The number of hydrogen-bond acceptors (Lipinski definition) is 4. The third-order valence-corrected chi connectivity index (χ3v) is 3.29. The molecule has 0 saturated heterocycles. The van der Waals surface area contributed by atoms with E-state index in [1.54, 1.807) is 24.3 Å². The number of anilines is 3. The minimum Gasteiger partial charge on any atom is -0.399 e. The van der Waals surface area contributed by atoms with E-state index in [-0.39, 0.29) is 5.57 Å². The number of nitrogens with zero attached hydrogens (tertiary/aromatic N) is 1. The van der Waals surface area contributed by atoms with Crippen LogP contribution in [0.2, 0.25) is 0 Å². The van der Waals surface area contributed by atoms with E-state index in [4.69, 9.17) is 5.73 Å². The van der Waals surface area contributed by atoms with Gasteiger partial charge in [-0.15, -0.1) is 0 Å². The van der Waals surface area contributed by atoms with E-state index in [9.17, 15) is 10.1 Å². The fourth-order valence-corrected chi connectivity index (χ4v) is 2.03. The highest BCUT2D eigenvalue weighted by Crippen LogP contribution is 2.17. The second-order valence-electron chi connectivity index (χ2n) is 5.21. The van der Waals surface area contributed by atoms with Crippen LogP contribution in [0.1, 0.15) is 11.1 Å². The lowest BCUT2D eigenvalue weighted by atomic mass is 10.1. The average Bonchev–Trinajstić information content (AvgIpc) is 2.52. The standard InChI is InChI=1S/C18H18N4O/c1-12-3-8-17(13(2)9-12)22-18(23)14(10-19)11-21-16-6-4-15(20)5-7-16/h3-9,11,21H,20H2,1-2H3,(H,22,23)/b14-11-. The maximum atomic E-state index is 12.2. The summed E-state index contributed by atoms with van der Waals surface area (Å²) in [5.74, 6) is -0.456. The van der Waals surface area contributed by atoms with Gasteiger partial charge in [0.05, 0.1) is 0 Å². The largest absolute Gasteiger partial charge is 0.399 e. The summed E-state index contributed by atoms with van der Waals surface area (Å²) in [6.45, 7) is 3.89. The first-order chi connectivity index (χ1) is 11.0. The maximum Gasteiger partial charge on any atom is 0.267 e. The molecule has 1 amide bonds. The highest BCUT2D eigenvalue weighted by molar-refractivity contribution is 6.07. The quantitative estimate of drug-likeness (QED) is 0.459. The van der Waals surface area contributed by atoms with Gasteiger partial charge in [0, 0.05) is 23.3 Å². The van der Waals surface area contributed by atoms with Gasteiger partial charge in [0.1, 0.15) is 11.6 Å². The molecule has 23 heavy (non-hydrogen) atoms. The Morgan fingerprint density at radius 3 is 2.48 bits per heavy atom. The van der Waals surface area contributed by atoms with Gasteiger partial charge in [-0.2, -0.15) is 5.26 Å². The monoisotopic (exact) mass is 306 g/mol. The Kier molecular flexibility index (Phi) is 5.00. The summed E-state index contributed by atoms with van der Waals surface area (Å²) < 4.78 is 0. The summed E-state index contributed by atoms with van der Waals surface area (Å²) in [6, 6.07) is 14.6. The zero-order valence-corrected chi connectivity index (χ0v) is 13.1. The van der Waals surface area contributed by atoms with Gasteiger partial charge in [-0.05, 0) is 49.7 Å². The van der Waals surface area contributed by atoms with E-state index in [0.29, 0.717) is 11.4 Å². The number of carbonyl (C=O) groups is 1. The number of benzene rings is 2. The normalized spacial score (nSPS) is 10.7. The molecule has 5 nitrogen and oxygen atoms in total. The zero-order chi connectivity index (χ0) is 16.8. The average molecular weight is 306 g/mol. The number of aryl methyl sites for hydroxylation is 2. The Morgan fingerprint density at radius 2 is 1.87 bits per heavy atom. The van der Waals surface area contributed by atoms with Crippen LogP contribution in [-0.4, -0.2) is 5.91 Å². The predicted octanol–water partition coefficient (Wildman–Crippen LogP) is 3.34. The summed E-state index contributed by atoms with van der Waals surface area (Å²) >= 11 is 0. The molecular formula is C18H18N4O. The third-order valence-electron chi connectivity index (χ3n) is 3.29. The molecule has 0 spiro atoms. The second-order valence-corrected chi connectivity index (χ2v) is 5.21. The lowest BCUT2D eigenvalue weighted by molar-refractivity contribution is -0.112. The van der Waals surface area contributed by atoms with Gasteiger partial charge < -0.3 is 16.4 Å². The molecule has 0 atom stereocenters. The fourth-order valence-electron chi connectivity index (χ4n) is 2.03. The molecular weight excluding hydrogens is 288 g/mol. The maximum absolute atomic E-state index is 12.2. The van der Waals surface area contributed by atoms with Crippen molar-refractivity contribution in [2.24, 2.45) is 0 Å². The van der Waals surface area contributed by atoms with E-state index < -0.39 is 5.91 Å². The van der Waals surface area contributed by atoms with Crippen LogP contribution in [0.3, 0.4) is 0 Å². The molecule has 2 aromatic rings. The number of nitrogens with two attached hydrogens (primary N) is 1. The first-order valence-corrected chi connectivity index (χ1v) is 7.10. The van der Waals surface area contributed by atoms with Crippen molar-refractivity contribution in [3.63, 3.8) is 0 Å². The molecule has 5 heteroatoms. The van der Waals surface area contributed by atoms with Gasteiger partial charge in [0.25, 0.3) is 5.91 Å². The van der Waals surface area contributed by atoms with Crippen LogP contribution in [0.15, 0.2) is 54.2 Å². The molecule has 116 valence electrons. The van der Waals surface area contributed by atoms with Gasteiger partial charge in [-0.1, -0.05) is 17.7 Å². The van der Waals surface area contributed by atoms with Crippen LogP contribution in [0.4, 0.5) is 17.1 Å². The second kappa shape index (κ2) is 7.14. The molecule has 2 aromatic carbocycles. The van der Waals surface area contributed by atoms with Gasteiger partial charge >= 0.3 is 0 Å². The van der Waals surface area contributed by atoms with Crippen molar-refractivity contribution in [2.75, 3.05) is 16.4 Å². The molecule has 0 aromatic heterocycles. The molecule has 0 aliphatic carbocycles. The Morgan fingerprint density at radius 1 is 1.17 bits per heavy atom. The van der Waals surface area contributed by atoms with Crippen molar-refractivity contribution >= 4 is 23.0 Å². The molecule has 4 N–H and O–H groups in total. The number of nitriles is 1. The smallest absolute Gasteiger partial charge is 0.267 e. The first kappa shape index (κ1) is 16.1. The van der Waals surface area contributed by atoms with Crippen molar-refractivity contribution in [3.05, 3.63) is 65.4 Å². The minimum atomic E-state index is -0.456. The molecule has 0 bridgehead atoms.